The molecule has 0 saturated carbocycles. The van der Waals surface area contributed by atoms with Crippen LogP contribution in [0.15, 0.2) is 60.7 Å². The average molecular weight is 267 g/mol. The van der Waals surface area contributed by atoms with E-state index in [4.69, 9.17) is 4.74 Å². The second-order valence-corrected chi connectivity index (χ2v) is 4.64. The molecule has 4 heteroatoms. The molecule has 0 aromatic heterocycles. The van der Waals surface area contributed by atoms with Crippen molar-refractivity contribution in [3.8, 4) is 0 Å². The van der Waals surface area contributed by atoms with E-state index in [1.165, 1.54) is 12.1 Å². The minimum absolute atomic E-state index is 0.00997. The standard InChI is InChI=1S/C16H13NO3/c18-17(19)14-9-7-13(8-10-14)16-15(20-16)11-6-12-4-2-1-3-5-12/h1-11,15-16H/b11-6-/t15-,16-/m0/s1. The average Bonchev–Trinajstić information content (AvgIpc) is 3.26. The first-order valence-corrected chi connectivity index (χ1v) is 6.37. The smallest absolute Gasteiger partial charge is 0.269 e. The summed E-state index contributed by atoms with van der Waals surface area (Å²) in [4.78, 5) is 10.2. The number of hydrogen-bond donors (Lipinski definition) is 0. The molecule has 0 aliphatic carbocycles. The van der Waals surface area contributed by atoms with E-state index >= 15 is 0 Å². The van der Waals surface area contributed by atoms with Gasteiger partial charge in [0.25, 0.3) is 5.69 Å². The van der Waals surface area contributed by atoms with Gasteiger partial charge in [0.15, 0.2) is 0 Å². The molecule has 100 valence electrons. The highest BCUT2D eigenvalue weighted by molar-refractivity contribution is 5.50. The second kappa shape index (κ2) is 5.27. The molecule has 0 N–H and O–H groups in total. The molecule has 4 nitrogen and oxygen atoms in total. The van der Waals surface area contributed by atoms with Crippen LogP contribution in [0, 0.1) is 10.1 Å². The van der Waals surface area contributed by atoms with Crippen molar-refractivity contribution in [2.24, 2.45) is 0 Å². The van der Waals surface area contributed by atoms with Crippen molar-refractivity contribution in [1.82, 2.24) is 0 Å². The van der Waals surface area contributed by atoms with Gasteiger partial charge < -0.3 is 4.74 Å². The monoisotopic (exact) mass is 267 g/mol. The number of hydrogen-bond acceptors (Lipinski definition) is 3. The summed E-state index contributed by atoms with van der Waals surface area (Å²) in [5, 5.41) is 10.6. The van der Waals surface area contributed by atoms with Crippen molar-refractivity contribution >= 4 is 11.8 Å². The van der Waals surface area contributed by atoms with E-state index in [0.717, 1.165) is 11.1 Å². The molecule has 1 saturated heterocycles. The first kappa shape index (κ1) is 12.6. The van der Waals surface area contributed by atoms with Crippen LogP contribution in [0.1, 0.15) is 17.2 Å². The maximum atomic E-state index is 10.6. The third-order valence-corrected chi connectivity index (χ3v) is 3.24. The van der Waals surface area contributed by atoms with Gasteiger partial charge in [0.2, 0.25) is 0 Å². The van der Waals surface area contributed by atoms with Gasteiger partial charge in [-0.3, -0.25) is 10.1 Å². The van der Waals surface area contributed by atoms with Gasteiger partial charge in [-0.25, -0.2) is 0 Å². The molecule has 2 atom stereocenters. The maximum Gasteiger partial charge on any atom is 0.269 e. The van der Waals surface area contributed by atoms with Gasteiger partial charge in [0.05, 0.1) is 4.92 Å². The number of non-ortho nitro benzene ring substituents is 1. The third kappa shape index (κ3) is 2.75. The van der Waals surface area contributed by atoms with Crippen LogP contribution in [0.5, 0.6) is 0 Å². The van der Waals surface area contributed by atoms with Crippen molar-refractivity contribution in [2.45, 2.75) is 12.2 Å². The number of epoxide rings is 1. The van der Waals surface area contributed by atoms with E-state index in [-0.39, 0.29) is 17.9 Å². The zero-order valence-corrected chi connectivity index (χ0v) is 10.7. The predicted molar refractivity (Wildman–Crippen MR) is 76.2 cm³/mol. The zero-order valence-electron chi connectivity index (χ0n) is 10.7. The molecule has 2 aromatic rings. The number of nitro groups is 1. The van der Waals surface area contributed by atoms with Gasteiger partial charge >= 0.3 is 0 Å². The Kier molecular flexibility index (Phi) is 3.31. The minimum Gasteiger partial charge on any atom is -0.360 e. The Morgan fingerprint density at radius 1 is 1.05 bits per heavy atom. The maximum absolute atomic E-state index is 10.6. The van der Waals surface area contributed by atoms with E-state index in [0.29, 0.717) is 0 Å². The topological polar surface area (TPSA) is 55.7 Å². The molecule has 0 amide bonds. The molecule has 3 rings (SSSR count). The highest BCUT2D eigenvalue weighted by Crippen LogP contribution is 2.40. The Labute approximate surface area is 116 Å². The Balaban J connectivity index is 1.64. The second-order valence-electron chi connectivity index (χ2n) is 4.64. The minimum atomic E-state index is -0.398. The molecule has 1 aliphatic heterocycles. The van der Waals surface area contributed by atoms with Crippen LogP contribution in [0.25, 0.3) is 6.08 Å². The Morgan fingerprint density at radius 2 is 1.75 bits per heavy atom. The Morgan fingerprint density at radius 3 is 2.40 bits per heavy atom. The Hall–Kier alpha value is -2.46. The van der Waals surface area contributed by atoms with Gasteiger partial charge in [0.1, 0.15) is 12.2 Å². The first-order chi connectivity index (χ1) is 9.74. The fourth-order valence-electron chi connectivity index (χ4n) is 2.09. The number of nitrogens with zero attached hydrogens (tertiary/aromatic N) is 1. The van der Waals surface area contributed by atoms with Crippen molar-refractivity contribution in [2.75, 3.05) is 0 Å². The summed E-state index contributed by atoms with van der Waals surface area (Å²) in [7, 11) is 0. The van der Waals surface area contributed by atoms with Crippen molar-refractivity contribution in [1.29, 1.82) is 0 Å². The summed E-state index contributed by atoms with van der Waals surface area (Å²) in [6.45, 7) is 0. The van der Waals surface area contributed by atoms with Gasteiger partial charge in [-0.1, -0.05) is 42.5 Å². The SMILES string of the molecule is O=[N+]([O-])c1ccc([C@@H]2O[C@H]2/C=C\c2ccccc2)cc1. The van der Waals surface area contributed by atoms with Gasteiger partial charge in [0, 0.05) is 12.1 Å². The van der Waals surface area contributed by atoms with Crippen molar-refractivity contribution in [3.63, 3.8) is 0 Å². The lowest BCUT2D eigenvalue weighted by molar-refractivity contribution is -0.384. The van der Waals surface area contributed by atoms with Gasteiger partial charge in [-0.15, -0.1) is 0 Å². The molecule has 20 heavy (non-hydrogen) atoms. The van der Waals surface area contributed by atoms with E-state index in [9.17, 15) is 10.1 Å². The fraction of sp³-hybridized carbons (Fsp3) is 0.125. The molecule has 0 spiro atoms. The highest BCUT2D eigenvalue weighted by Gasteiger charge is 2.37. The van der Waals surface area contributed by atoms with Crippen LogP contribution in [0.4, 0.5) is 5.69 Å². The van der Waals surface area contributed by atoms with Crippen LogP contribution in [0.3, 0.4) is 0 Å². The number of nitro benzene ring substituents is 1. The van der Waals surface area contributed by atoms with E-state index in [1.807, 2.05) is 42.5 Å². The summed E-state index contributed by atoms with van der Waals surface area (Å²) >= 11 is 0. The molecule has 1 heterocycles. The normalized spacial score (nSPS) is 21.0. The molecule has 1 aliphatic rings. The predicted octanol–water partition coefficient (Wildman–Crippen LogP) is 3.75. The van der Waals surface area contributed by atoms with Gasteiger partial charge in [-0.05, 0) is 23.3 Å². The molecule has 0 radical (unpaired) electrons. The van der Waals surface area contributed by atoms with Crippen molar-refractivity contribution < 1.29 is 9.66 Å². The van der Waals surface area contributed by atoms with Crippen LogP contribution < -0.4 is 0 Å². The summed E-state index contributed by atoms with van der Waals surface area (Å²) in [6, 6.07) is 16.5. The first-order valence-electron chi connectivity index (χ1n) is 6.37. The summed E-state index contributed by atoms with van der Waals surface area (Å²) in [6.07, 6.45) is 4.10. The molecular formula is C16H13NO3. The molecule has 2 aromatic carbocycles. The van der Waals surface area contributed by atoms with Crippen LogP contribution in [-0.4, -0.2) is 11.0 Å². The fourth-order valence-corrected chi connectivity index (χ4v) is 2.09. The quantitative estimate of drug-likeness (QED) is 0.481. The number of rotatable bonds is 4. The molecule has 1 fully saturated rings. The molecular weight excluding hydrogens is 254 g/mol. The summed E-state index contributed by atoms with van der Waals surface area (Å²) in [5.41, 5.74) is 2.20. The lowest BCUT2D eigenvalue weighted by Gasteiger charge is -1.95. The molecule has 0 unspecified atom stereocenters. The van der Waals surface area contributed by atoms with Crippen LogP contribution in [0.2, 0.25) is 0 Å². The van der Waals surface area contributed by atoms with E-state index in [1.54, 1.807) is 12.1 Å². The zero-order chi connectivity index (χ0) is 13.9. The number of benzene rings is 2. The third-order valence-electron chi connectivity index (χ3n) is 3.24. The Bertz CT molecular complexity index is 635. The number of ether oxygens (including phenoxy) is 1. The van der Waals surface area contributed by atoms with Crippen LogP contribution >= 0.6 is 0 Å². The van der Waals surface area contributed by atoms with E-state index in [2.05, 4.69) is 0 Å². The lowest BCUT2D eigenvalue weighted by Crippen LogP contribution is -1.89. The van der Waals surface area contributed by atoms with Gasteiger partial charge in [-0.2, -0.15) is 0 Å². The molecule has 0 bridgehead atoms. The van der Waals surface area contributed by atoms with Crippen LogP contribution in [-0.2, 0) is 4.74 Å². The van der Waals surface area contributed by atoms with E-state index < -0.39 is 4.92 Å². The highest BCUT2D eigenvalue weighted by atomic mass is 16.6. The lowest BCUT2D eigenvalue weighted by atomic mass is 10.1. The summed E-state index contributed by atoms with van der Waals surface area (Å²) in [5.74, 6) is 0. The largest absolute Gasteiger partial charge is 0.360 e. The van der Waals surface area contributed by atoms with Crippen molar-refractivity contribution in [3.05, 3.63) is 81.9 Å². The summed E-state index contributed by atoms with van der Waals surface area (Å²) < 4.78 is 5.57.